The van der Waals surface area contributed by atoms with Gasteiger partial charge in [0.05, 0.1) is 11.0 Å². The van der Waals surface area contributed by atoms with Crippen LogP contribution in [-0.4, -0.2) is 4.57 Å². The molecule has 1 aliphatic heterocycles. The minimum atomic E-state index is 1.16. The van der Waals surface area contributed by atoms with Crippen molar-refractivity contribution in [3.63, 3.8) is 0 Å². The topological polar surface area (TPSA) is 4.93 Å². The van der Waals surface area contributed by atoms with Gasteiger partial charge in [-0.15, -0.1) is 0 Å². The fourth-order valence-electron chi connectivity index (χ4n) is 8.33. The number of hydrogen-bond acceptors (Lipinski definition) is 1. The van der Waals surface area contributed by atoms with Crippen LogP contribution in [-0.2, 0) is 0 Å². The lowest BCUT2D eigenvalue weighted by atomic mass is 9.91. The Bertz CT molecular complexity index is 2900. The highest BCUT2D eigenvalue weighted by Crippen LogP contribution is 2.49. The fourth-order valence-corrected chi connectivity index (χ4v) is 9.46. The van der Waals surface area contributed by atoms with E-state index in [1.54, 1.807) is 0 Å². The van der Waals surface area contributed by atoms with Crippen molar-refractivity contribution < 1.29 is 0 Å². The van der Waals surface area contributed by atoms with Gasteiger partial charge in [-0.3, -0.25) is 0 Å². The van der Waals surface area contributed by atoms with Gasteiger partial charge in [-0.1, -0.05) is 145 Å². The molecule has 1 aliphatic rings. The molecule has 9 aromatic carbocycles. The molecule has 0 bridgehead atoms. The maximum absolute atomic E-state index is 2.44. The van der Waals surface area contributed by atoms with E-state index in [1.165, 1.54) is 97.3 Å². The molecule has 0 spiro atoms. The summed E-state index contributed by atoms with van der Waals surface area (Å²) in [6.07, 6.45) is 0. The number of rotatable bonds is 3. The van der Waals surface area contributed by atoms with Crippen molar-refractivity contribution in [2.75, 3.05) is 0 Å². The third-order valence-electron chi connectivity index (χ3n) is 10.6. The van der Waals surface area contributed by atoms with Gasteiger partial charge >= 0.3 is 0 Å². The zero-order valence-corrected chi connectivity index (χ0v) is 27.9. The van der Waals surface area contributed by atoms with Crippen LogP contribution in [0.3, 0.4) is 0 Å². The molecule has 0 atom stereocenters. The Balaban J connectivity index is 1.06. The molecule has 0 radical (unpaired) electrons. The maximum Gasteiger partial charge on any atom is 0.0547 e. The van der Waals surface area contributed by atoms with Gasteiger partial charge < -0.3 is 4.57 Å². The van der Waals surface area contributed by atoms with Crippen LogP contribution in [0.5, 0.6) is 0 Å². The third-order valence-corrected chi connectivity index (χ3v) is 11.7. The summed E-state index contributed by atoms with van der Waals surface area (Å²) < 4.78 is 2.44. The molecular weight excluding hydrogens is 623 g/mol. The van der Waals surface area contributed by atoms with E-state index in [0.717, 1.165) is 5.69 Å². The molecule has 0 amide bonds. The molecule has 0 saturated heterocycles. The molecular formula is C48H29NS. The lowest BCUT2D eigenvalue weighted by molar-refractivity contribution is 1.18. The SMILES string of the molecule is c1ccc(-c2ccc3c(c2)-c2cccc4cccc(c24)S3)c(-c2ccc(-n3c4ccc5ccccc5c4c4c5ccccc5ccc43)cc2)c1. The highest BCUT2D eigenvalue weighted by atomic mass is 32.2. The summed E-state index contributed by atoms with van der Waals surface area (Å²) in [6.45, 7) is 0. The van der Waals surface area contributed by atoms with Crippen LogP contribution < -0.4 is 0 Å². The Morgan fingerprint density at radius 3 is 1.60 bits per heavy atom. The van der Waals surface area contributed by atoms with Crippen molar-refractivity contribution >= 4 is 65.9 Å². The first-order chi connectivity index (χ1) is 24.8. The minimum absolute atomic E-state index is 1.16. The first-order valence-electron chi connectivity index (χ1n) is 17.2. The monoisotopic (exact) mass is 651 g/mol. The third kappa shape index (κ3) is 4.03. The van der Waals surface area contributed by atoms with Crippen LogP contribution in [0.4, 0.5) is 0 Å². The summed E-state index contributed by atoms with van der Waals surface area (Å²) >= 11 is 1.88. The van der Waals surface area contributed by atoms with Crippen LogP contribution in [0, 0.1) is 0 Å². The van der Waals surface area contributed by atoms with Gasteiger partial charge in [-0.25, -0.2) is 0 Å². The van der Waals surface area contributed by atoms with E-state index in [9.17, 15) is 0 Å². The van der Waals surface area contributed by atoms with E-state index in [4.69, 9.17) is 0 Å². The van der Waals surface area contributed by atoms with Crippen molar-refractivity contribution in [2.24, 2.45) is 0 Å². The van der Waals surface area contributed by atoms with Crippen LogP contribution in [0.15, 0.2) is 186 Å². The molecule has 0 saturated carbocycles. The number of benzene rings is 9. The molecule has 0 N–H and O–H groups in total. The van der Waals surface area contributed by atoms with E-state index < -0.39 is 0 Å². The van der Waals surface area contributed by atoms with E-state index in [-0.39, 0.29) is 0 Å². The number of hydrogen-bond donors (Lipinski definition) is 0. The molecule has 0 unspecified atom stereocenters. The molecule has 2 heteroatoms. The van der Waals surface area contributed by atoms with Gasteiger partial charge in [-0.2, -0.15) is 0 Å². The largest absolute Gasteiger partial charge is 0.309 e. The van der Waals surface area contributed by atoms with Crippen molar-refractivity contribution in [3.05, 3.63) is 176 Å². The zero-order chi connectivity index (χ0) is 32.8. The summed E-state index contributed by atoms with van der Waals surface area (Å²) in [5.74, 6) is 0. The Morgan fingerprint density at radius 2 is 0.900 bits per heavy atom. The van der Waals surface area contributed by atoms with Crippen molar-refractivity contribution in [1.29, 1.82) is 0 Å². The molecule has 0 fully saturated rings. The predicted octanol–water partition coefficient (Wildman–Crippen LogP) is 13.7. The second-order valence-corrected chi connectivity index (χ2v) is 14.3. The van der Waals surface area contributed by atoms with Crippen molar-refractivity contribution in [1.82, 2.24) is 4.57 Å². The average Bonchev–Trinajstić information content (AvgIpc) is 3.53. The van der Waals surface area contributed by atoms with Crippen LogP contribution in [0.2, 0.25) is 0 Å². The molecule has 2 heterocycles. The Morgan fingerprint density at radius 1 is 0.340 bits per heavy atom. The van der Waals surface area contributed by atoms with Gasteiger partial charge in [0.15, 0.2) is 0 Å². The number of aromatic nitrogens is 1. The normalized spacial score (nSPS) is 12.3. The highest BCUT2D eigenvalue weighted by Gasteiger charge is 2.21. The minimum Gasteiger partial charge on any atom is -0.309 e. The Kier molecular flexibility index (Phi) is 5.96. The fraction of sp³-hybridized carbons (Fsp3) is 0. The number of fused-ring (bicyclic) bond motifs is 9. The van der Waals surface area contributed by atoms with Gasteiger partial charge in [0.2, 0.25) is 0 Å². The Hall–Kier alpha value is -6.09. The quantitative estimate of drug-likeness (QED) is 0.184. The second kappa shape index (κ2) is 10.7. The van der Waals surface area contributed by atoms with Crippen molar-refractivity contribution in [2.45, 2.75) is 9.79 Å². The molecule has 232 valence electrons. The number of nitrogens with zero attached hydrogens (tertiary/aromatic N) is 1. The molecule has 50 heavy (non-hydrogen) atoms. The standard InChI is InChI=1S/C48H29NS/c1-3-15-38-30(9-1)21-26-42-47(38)48-39-16-4-2-10-31(39)22-27-43(48)49(42)35-24-19-32(20-25-35)36-13-5-6-14-37(36)34-23-28-44-41(29-34)40-17-7-11-33-12-8-18-45(50-44)46(33)40/h1-29H. The van der Waals surface area contributed by atoms with Gasteiger partial charge in [0.1, 0.15) is 0 Å². The van der Waals surface area contributed by atoms with E-state index >= 15 is 0 Å². The first-order valence-corrected chi connectivity index (χ1v) is 18.0. The molecule has 11 rings (SSSR count). The molecule has 1 nitrogen and oxygen atoms in total. The molecule has 1 aromatic heterocycles. The van der Waals surface area contributed by atoms with E-state index in [1.807, 2.05) is 11.8 Å². The lowest BCUT2D eigenvalue weighted by Crippen LogP contribution is -1.95. The smallest absolute Gasteiger partial charge is 0.0547 e. The summed E-state index contributed by atoms with van der Waals surface area (Å²) in [5, 5.41) is 10.4. The average molecular weight is 652 g/mol. The van der Waals surface area contributed by atoms with Crippen LogP contribution in [0.1, 0.15) is 0 Å². The Labute approximate surface area is 294 Å². The first kappa shape index (κ1) is 27.8. The highest BCUT2D eigenvalue weighted by molar-refractivity contribution is 7.99. The summed E-state index contributed by atoms with van der Waals surface area (Å²) in [7, 11) is 0. The van der Waals surface area contributed by atoms with Crippen molar-refractivity contribution in [3.8, 4) is 39.1 Å². The van der Waals surface area contributed by atoms with Crippen LogP contribution in [0.25, 0.3) is 93.2 Å². The van der Waals surface area contributed by atoms with E-state index in [2.05, 4.69) is 180 Å². The lowest BCUT2D eigenvalue weighted by Gasteiger charge is -2.21. The summed E-state index contributed by atoms with van der Waals surface area (Å²) in [5.41, 5.74) is 11.2. The van der Waals surface area contributed by atoms with Crippen LogP contribution >= 0.6 is 11.8 Å². The van der Waals surface area contributed by atoms with Gasteiger partial charge in [-0.05, 0) is 103 Å². The van der Waals surface area contributed by atoms with Gasteiger partial charge in [0.25, 0.3) is 0 Å². The molecule has 10 aromatic rings. The van der Waals surface area contributed by atoms with E-state index in [0.29, 0.717) is 0 Å². The maximum atomic E-state index is 2.44. The van der Waals surface area contributed by atoms with Gasteiger partial charge in [0, 0.05) is 31.6 Å². The molecule has 0 aliphatic carbocycles. The predicted molar refractivity (Wildman–Crippen MR) is 214 cm³/mol. The summed E-state index contributed by atoms with van der Waals surface area (Å²) in [4.78, 5) is 2.65. The zero-order valence-electron chi connectivity index (χ0n) is 27.1. The second-order valence-electron chi connectivity index (χ2n) is 13.3. The summed E-state index contributed by atoms with van der Waals surface area (Å²) in [6, 6.07) is 65.0.